The van der Waals surface area contributed by atoms with Crippen LogP contribution in [0.2, 0.25) is 0 Å². The number of benzene rings is 2. The minimum Gasteiger partial charge on any atom is -0.341 e. The molecule has 5 nitrogen and oxygen atoms in total. The zero-order chi connectivity index (χ0) is 22.8. The van der Waals surface area contributed by atoms with E-state index < -0.39 is 0 Å². The number of carbonyl (C=O) groups is 2. The molecule has 0 spiro atoms. The number of piperidine rings is 1. The van der Waals surface area contributed by atoms with Crippen LogP contribution in [0, 0.1) is 5.92 Å². The van der Waals surface area contributed by atoms with Gasteiger partial charge in [0.05, 0.1) is 5.75 Å². The van der Waals surface area contributed by atoms with Gasteiger partial charge in [-0.15, -0.1) is 11.8 Å². The Morgan fingerprint density at radius 3 is 2.58 bits per heavy atom. The van der Waals surface area contributed by atoms with E-state index in [0.717, 1.165) is 66.8 Å². The molecule has 5 rings (SSSR count). The third-order valence-corrected chi connectivity index (χ3v) is 7.98. The fraction of sp³-hybridized carbons (Fsp3) is 0.407. The first-order valence-electron chi connectivity index (χ1n) is 12.0. The van der Waals surface area contributed by atoms with Gasteiger partial charge >= 0.3 is 0 Å². The lowest BCUT2D eigenvalue weighted by Gasteiger charge is -2.30. The van der Waals surface area contributed by atoms with Gasteiger partial charge in [-0.2, -0.15) is 0 Å². The Morgan fingerprint density at radius 2 is 1.73 bits per heavy atom. The largest absolute Gasteiger partial charge is 0.341 e. The summed E-state index contributed by atoms with van der Waals surface area (Å²) in [6.07, 6.45) is 6.26. The molecule has 1 fully saturated rings. The number of aryl methyl sites for hydroxylation is 1. The molecule has 3 heterocycles. The number of likely N-dealkylation sites (tertiary alicyclic amines) is 1. The number of hydrogen-bond acceptors (Lipinski definition) is 3. The van der Waals surface area contributed by atoms with Crippen LogP contribution in [-0.2, 0) is 22.6 Å². The molecule has 0 N–H and O–H groups in total. The number of amides is 2. The third kappa shape index (κ3) is 4.67. The lowest BCUT2D eigenvalue weighted by atomic mass is 9.99. The molecule has 0 unspecified atom stereocenters. The monoisotopic (exact) mass is 461 g/mol. The molecule has 3 aromatic rings. The Morgan fingerprint density at radius 1 is 0.970 bits per heavy atom. The maximum atomic E-state index is 13.1. The number of carbonyl (C=O) groups excluding carboxylic acids is 2. The predicted octanol–water partition coefficient (Wildman–Crippen LogP) is 4.97. The van der Waals surface area contributed by atoms with E-state index in [0.29, 0.717) is 18.2 Å². The van der Waals surface area contributed by atoms with Crippen LogP contribution in [0.25, 0.3) is 10.9 Å². The van der Waals surface area contributed by atoms with Crippen LogP contribution < -0.4 is 4.90 Å². The zero-order valence-corrected chi connectivity index (χ0v) is 20.0. The summed E-state index contributed by atoms with van der Waals surface area (Å²) in [5.74, 6) is 1.41. The minimum absolute atomic E-state index is 0.141. The van der Waals surface area contributed by atoms with Crippen LogP contribution in [0.4, 0.5) is 5.69 Å². The number of anilines is 1. The molecule has 2 aromatic carbocycles. The van der Waals surface area contributed by atoms with Gasteiger partial charge in [-0.05, 0) is 49.3 Å². The predicted molar refractivity (Wildman–Crippen MR) is 135 cm³/mol. The van der Waals surface area contributed by atoms with Gasteiger partial charge in [-0.3, -0.25) is 9.59 Å². The van der Waals surface area contributed by atoms with E-state index in [-0.39, 0.29) is 11.8 Å². The summed E-state index contributed by atoms with van der Waals surface area (Å²) in [6.45, 7) is 5.10. The number of aromatic nitrogens is 1. The van der Waals surface area contributed by atoms with E-state index in [2.05, 4.69) is 42.0 Å². The van der Waals surface area contributed by atoms with E-state index in [9.17, 15) is 9.59 Å². The molecule has 6 heteroatoms. The van der Waals surface area contributed by atoms with E-state index in [4.69, 9.17) is 0 Å². The van der Waals surface area contributed by atoms with Crippen molar-refractivity contribution >= 4 is 40.2 Å². The van der Waals surface area contributed by atoms with Crippen molar-refractivity contribution in [3.8, 4) is 0 Å². The number of thioether (sulfide) groups is 1. The molecule has 1 saturated heterocycles. The van der Waals surface area contributed by atoms with Crippen molar-refractivity contribution in [1.82, 2.24) is 9.47 Å². The molecule has 0 radical (unpaired) electrons. The van der Waals surface area contributed by atoms with Crippen LogP contribution >= 0.6 is 11.8 Å². The van der Waals surface area contributed by atoms with Gasteiger partial charge in [-0.25, -0.2) is 0 Å². The molecule has 0 aliphatic carbocycles. The Hall–Kier alpha value is -2.73. The van der Waals surface area contributed by atoms with Crippen LogP contribution in [0.3, 0.4) is 0 Å². The van der Waals surface area contributed by atoms with Crippen molar-refractivity contribution < 1.29 is 9.59 Å². The van der Waals surface area contributed by atoms with E-state index in [1.807, 2.05) is 34.1 Å². The molecular formula is C27H31N3O2S. The Balaban J connectivity index is 1.30. The van der Waals surface area contributed by atoms with E-state index in [1.165, 1.54) is 5.56 Å². The average molecular weight is 462 g/mol. The second-order valence-corrected chi connectivity index (χ2v) is 10.3. The number of hydrogen-bond donors (Lipinski definition) is 0. The van der Waals surface area contributed by atoms with Crippen molar-refractivity contribution in [2.45, 2.75) is 44.0 Å². The molecular weight excluding hydrogens is 430 g/mol. The van der Waals surface area contributed by atoms with Gasteiger partial charge in [0.1, 0.15) is 6.54 Å². The average Bonchev–Trinajstić information content (AvgIpc) is 3.20. The molecule has 0 bridgehead atoms. The summed E-state index contributed by atoms with van der Waals surface area (Å²) in [5, 5.41) is 1.11. The molecule has 1 aromatic heterocycles. The topological polar surface area (TPSA) is 45.6 Å². The van der Waals surface area contributed by atoms with Gasteiger partial charge in [0.15, 0.2) is 0 Å². The zero-order valence-electron chi connectivity index (χ0n) is 19.2. The van der Waals surface area contributed by atoms with Crippen molar-refractivity contribution in [2.75, 3.05) is 30.3 Å². The molecule has 172 valence electrons. The van der Waals surface area contributed by atoms with Gasteiger partial charge in [0.25, 0.3) is 0 Å². The van der Waals surface area contributed by atoms with E-state index in [1.54, 1.807) is 11.8 Å². The SMILES string of the molecule is CC1CCN(C(=O)Cn2cc(SCC(=O)N3CCCc4ccccc43)c3ccccc32)CC1. The smallest absolute Gasteiger partial charge is 0.242 e. The molecule has 2 amide bonds. The van der Waals surface area contributed by atoms with Gasteiger partial charge < -0.3 is 14.4 Å². The molecule has 2 aliphatic heterocycles. The number of nitrogens with zero attached hydrogens (tertiary/aromatic N) is 3. The Bertz CT molecular complexity index is 1160. The van der Waals surface area contributed by atoms with Crippen molar-refractivity contribution in [1.29, 1.82) is 0 Å². The summed E-state index contributed by atoms with van der Waals surface area (Å²) in [4.78, 5) is 31.1. The van der Waals surface area contributed by atoms with Gasteiger partial charge in [-0.1, -0.05) is 43.3 Å². The van der Waals surface area contributed by atoms with Crippen molar-refractivity contribution in [2.24, 2.45) is 5.92 Å². The molecule has 0 atom stereocenters. The fourth-order valence-electron chi connectivity index (χ4n) is 4.97. The second kappa shape index (κ2) is 9.64. The molecule has 2 aliphatic rings. The third-order valence-electron chi connectivity index (χ3n) is 6.96. The van der Waals surface area contributed by atoms with Crippen LogP contribution in [0.5, 0.6) is 0 Å². The second-order valence-electron chi connectivity index (χ2n) is 9.27. The maximum Gasteiger partial charge on any atom is 0.242 e. The van der Waals surface area contributed by atoms with Gasteiger partial charge in [0, 0.05) is 47.3 Å². The summed E-state index contributed by atoms with van der Waals surface area (Å²) in [5.41, 5.74) is 3.36. The summed E-state index contributed by atoms with van der Waals surface area (Å²) < 4.78 is 2.05. The highest BCUT2D eigenvalue weighted by Gasteiger charge is 2.24. The van der Waals surface area contributed by atoms with Gasteiger partial charge in [0.2, 0.25) is 11.8 Å². The normalized spacial score (nSPS) is 16.8. The molecule has 0 saturated carbocycles. The maximum absolute atomic E-state index is 13.1. The first kappa shape index (κ1) is 22.1. The Labute approximate surface area is 199 Å². The summed E-state index contributed by atoms with van der Waals surface area (Å²) in [7, 11) is 0. The highest BCUT2D eigenvalue weighted by Crippen LogP contribution is 2.32. The number of rotatable bonds is 5. The highest BCUT2D eigenvalue weighted by molar-refractivity contribution is 8.00. The standard InChI is InChI=1S/C27H31N3O2S/c1-20-12-15-28(16-13-20)26(31)18-29-17-25(22-9-3-5-11-24(22)29)33-19-27(32)30-14-6-8-21-7-2-4-10-23(21)30/h2-5,7,9-11,17,20H,6,8,12-16,18-19H2,1H3. The van der Waals surface area contributed by atoms with E-state index >= 15 is 0 Å². The lowest BCUT2D eigenvalue weighted by molar-refractivity contribution is -0.133. The number of para-hydroxylation sites is 2. The first-order chi connectivity index (χ1) is 16.1. The van der Waals surface area contributed by atoms with Crippen LogP contribution in [0.1, 0.15) is 31.7 Å². The highest BCUT2D eigenvalue weighted by atomic mass is 32.2. The fourth-order valence-corrected chi connectivity index (χ4v) is 5.94. The number of fused-ring (bicyclic) bond motifs is 2. The summed E-state index contributed by atoms with van der Waals surface area (Å²) >= 11 is 1.57. The molecule has 33 heavy (non-hydrogen) atoms. The minimum atomic E-state index is 0.141. The summed E-state index contributed by atoms with van der Waals surface area (Å²) in [6, 6.07) is 16.4. The first-order valence-corrected chi connectivity index (χ1v) is 13.0. The van der Waals surface area contributed by atoms with Crippen molar-refractivity contribution in [3.05, 3.63) is 60.3 Å². The Kier molecular flexibility index (Phi) is 6.45. The lowest BCUT2D eigenvalue weighted by Crippen LogP contribution is -2.39. The quantitative estimate of drug-likeness (QED) is 0.504. The van der Waals surface area contributed by atoms with Crippen LogP contribution in [0.15, 0.2) is 59.6 Å². The van der Waals surface area contributed by atoms with Crippen LogP contribution in [-0.4, -0.2) is 46.7 Å². The van der Waals surface area contributed by atoms with Crippen molar-refractivity contribution in [3.63, 3.8) is 0 Å².